The second-order valence-corrected chi connectivity index (χ2v) is 5.83. The first kappa shape index (κ1) is 15.0. The fourth-order valence-electron chi connectivity index (χ4n) is 1.83. The summed E-state index contributed by atoms with van der Waals surface area (Å²) >= 11 is 0. The third-order valence-electron chi connectivity index (χ3n) is 3.12. The summed E-state index contributed by atoms with van der Waals surface area (Å²) in [6.07, 6.45) is 1.25. The number of rotatable bonds is 3. The van der Waals surface area contributed by atoms with Gasteiger partial charge in [0.1, 0.15) is 5.75 Å². The summed E-state index contributed by atoms with van der Waals surface area (Å²) in [6.45, 7) is 8.03. The molecule has 1 heterocycles. The molecule has 1 aromatic heterocycles. The zero-order chi connectivity index (χ0) is 15.6. The van der Waals surface area contributed by atoms with Gasteiger partial charge < -0.3 is 9.84 Å². The Bertz CT molecular complexity index is 658. The first-order valence-electron chi connectivity index (χ1n) is 6.63. The lowest BCUT2D eigenvalue weighted by Crippen LogP contribution is -2.10. The van der Waals surface area contributed by atoms with Crippen LogP contribution in [0.3, 0.4) is 0 Å². The van der Waals surface area contributed by atoms with Crippen LogP contribution in [0.1, 0.15) is 42.4 Å². The van der Waals surface area contributed by atoms with E-state index in [0.29, 0.717) is 11.4 Å². The Morgan fingerprint density at radius 2 is 1.81 bits per heavy atom. The van der Waals surface area contributed by atoms with Crippen molar-refractivity contribution in [3.8, 4) is 11.8 Å². The Morgan fingerprint density at radius 1 is 1.19 bits per heavy atom. The Morgan fingerprint density at radius 3 is 2.29 bits per heavy atom. The summed E-state index contributed by atoms with van der Waals surface area (Å²) in [6, 6.07) is 7.83. The van der Waals surface area contributed by atoms with E-state index in [1.807, 2.05) is 24.3 Å². The molecule has 0 aliphatic carbocycles. The van der Waals surface area contributed by atoms with Crippen LogP contribution in [0, 0.1) is 6.92 Å². The van der Waals surface area contributed by atoms with Crippen LogP contribution >= 0.6 is 0 Å². The largest absolute Gasteiger partial charge is 0.478 e. The van der Waals surface area contributed by atoms with E-state index in [9.17, 15) is 4.79 Å². The summed E-state index contributed by atoms with van der Waals surface area (Å²) in [5.41, 5.74) is 1.73. The number of aryl methyl sites for hydroxylation is 1. The highest BCUT2D eigenvalue weighted by atomic mass is 16.5. The molecule has 0 bridgehead atoms. The molecule has 0 saturated heterocycles. The molecule has 2 aromatic rings. The first-order chi connectivity index (χ1) is 9.77. The molecule has 0 unspecified atom stereocenters. The standard InChI is InChI=1S/C16H18N2O3/c1-10-13(14(19)20)9-17-15(18-10)21-12-7-5-11(6-8-12)16(2,3)4/h5-9H,1-4H3,(H,19,20). The van der Waals surface area contributed by atoms with Gasteiger partial charge in [0.15, 0.2) is 0 Å². The van der Waals surface area contributed by atoms with Crippen molar-refractivity contribution in [3.05, 3.63) is 47.3 Å². The number of carboxylic acids is 1. The third kappa shape index (κ3) is 3.56. The quantitative estimate of drug-likeness (QED) is 0.933. The maximum absolute atomic E-state index is 10.9. The van der Waals surface area contributed by atoms with Crippen molar-refractivity contribution in [1.82, 2.24) is 9.97 Å². The van der Waals surface area contributed by atoms with E-state index in [2.05, 4.69) is 30.7 Å². The minimum atomic E-state index is -1.05. The SMILES string of the molecule is Cc1nc(Oc2ccc(C(C)(C)C)cc2)ncc1C(=O)O. The zero-order valence-corrected chi connectivity index (χ0v) is 12.5. The zero-order valence-electron chi connectivity index (χ0n) is 12.5. The molecule has 1 N–H and O–H groups in total. The molecule has 0 atom stereocenters. The van der Waals surface area contributed by atoms with Gasteiger partial charge in [-0.25, -0.2) is 9.78 Å². The highest BCUT2D eigenvalue weighted by molar-refractivity contribution is 5.88. The molecule has 0 amide bonds. The van der Waals surface area contributed by atoms with Crippen molar-refractivity contribution in [3.63, 3.8) is 0 Å². The highest BCUT2D eigenvalue weighted by Gasteiger charge is 2.14. The average molecular weight is 286 g/mol. The van der Waals surface area contributed by atoms with Gasteiger partial charge in [-0.05, 0) is 30.0 Å². The smallest absolute Gasteiger partial charge is 0.339 e. The Labute approximate surface area is 123 Å². The van der Waals surface area contributed by atoms with E-state index >= 15 is 0 Å². The van der Waals surface area contributed by atoms with Gasteiger partial charge in [0.2, 0.25) is 0 Å². The van der Waals surface area contributed by atoms with Crippen LogP contribution < -0.4 is 4.74 Å². The van der Waals surface area contributed by atoms with E-state index in [0.717, 1.165) is 0 Å². The Kier molecular flexibility index (Phi) is 3.93. The lowest BCUT2D eigenvalue weighted by Gasteiger charge is -2.19. The molecular weight excluding hydrogens is 268 g/mol. The summed E-state index contributed by atoms with van der Waals surface area (Å²) in [5.74, 6) is -0.431. The maximum Gasteiger partial charge on any atom is 0.339 e. The predicted molar refractivity (Wildman–Crippen MR) is 78.9 cm³/mol. The molecule has 0 radical (unpaired) electrons. The molecule has 2 rings (SSSR count). The average Bonchev–Trinajstić information content (AvgIpc) is 2.38. The number of hydrogen-bond acceptors (Lipinski definition) is 4. The monoisotopic (exact) mass is 286 g/mol. The molecule has 5 heteroatoms. The molecule has 0 spiro atoms. The van der Waals surface area contributed by atoms with E-state index in [-0.39, 0.29) is 17.0 Å². The minimum absolute atomic E-state index is 0.0745. The molecule has 0 saturated carbocycles. The minimum Gasteiger partial charge on any atom is -0.478 e. The second-order valence-electron chi connectivity index (χ2n) is 5.83. The van der Waals surface area contributed by atoms with Gasteiger partial charge >= 0.3 is 12.0 Å². The summed E-state index contributed by atoms with van der Waals surface area (Å²) in [5, 5.41) is 8.93. The summed E-state index contributed by atoms with van der Waals surface area (Å²) < 4.78 is 5.55. The summed E-state index contributed by atoms with van der Waals surface area (Å²) in [4.78, 5) is 18.9. The third-order valence-corrected chi connectivity index (χ3v) is 3.12. The van der Waals surface area contributed by atoms with Crippen LogP contribution in [-0.2, 0) is 5.41 Å². The van der Waals surface area contributed by atoms with Crippen molar-refractivity contribution < 1.29 is 14.6 Å². The van der Waals surface area contributed by atoms with Crippen molar-refractivity contribution in [2.75, 3.05) is 0 Å². The molecule has 0 fully saturated rings. The number of benzene rings is 1. The van der Waals surface area contributed by atoms with E-state index in [1.54, 1.807) is 6.92 Å². The van der Waals surface area contributed by atoms with Gasteiger partial charge in [-0.3, -0.25) is 0 Å². The van der Waals surface area contributed by atoms with Crippen molar-refractivity contribution in [2.45, 2.75) is 33.1 Å². The molecule has 1 aromatic carbocycles. The predicted octanol–water partition coefficient (Wildman–Crippen LogP) is 3.57. The van der Waals surface area contributed by atoms with Crippen LogP contribution in [0.5, 0.6) is 11.8 Å². The van der Waals surface area contributed by atoms with E-state index in [4.69, 9.17) is 9.84 Å². The number of aromatic carboxylic acids is 1. The number of aromatic nitrogens is 2. The lowest BCUT2D eigenvalue weighted by atomic mass is 9.87. The summed E-state index contributed by atoms with van der Waals surface area (Å²) in [7, 11) is 0. The molecule has 110 valence electrons. The molecule has 0 aliphatic heterocycles. The fourth-order valence-corrected chi connectivity index (χ4v) is 1.83. The van der Waals surface area contributed by atoms with Gasteiger partial charge in [0, 0.05) is 6.20 Å². The van der Waals surface area contributed by atoms with E-state index in [1.165, 1.54) is 11.8 Å². The highest BCUT2D eigenvalue weighted by Crippen LogP contribution is 2.25. The van der Waals surface area contributed by atoms with Crippen LogP contribution in [-0.4, -0.2) is 21.0 Å². The van der Waals surface area contributed by atoms with Gasteiger partial charge in [-0.2, -0.15) is 4.98 Å². The van der Waals surface area contributed by atoms with Gasteiger partial charge in [-0.15, -0.1) is 0 Å². The second kappa shape index (κ2) is 5.52. The molecule has 5 nitrogen and oxygen atoms in total. The number of nitrogens with zero attached hydrogens (tertiary/aromatic N) is 2. The Hall–Kier alpha value is -2.43. The van der Waals surface area contributed by atoms with Gasteiger partial charge in [-0.1, -0.05) is 32.9 Å². The maximum atomic E-state index is 10.9. The lowest BCUT2D eigenvalue weighted by molar-refractivity contribution is 0.0695. The van der Waals surface area contributed by atoms with Crippen molar-refractivity contribution >= 4 is 5.97 Å². The van der Waals surface area contributed by atoms with Gasteiger partial charge in [0.05, 0.1) is 11.3 Å². The van der Waals surface area contributed by atoms with Crippen LogP contribution in [0.4, 0.5) is 0 Å². The first-order valence-corrected chi connectivity index (χ1v) is 6.63. The molecule has 0 aliphatic rings. The number of ether oxygens (including phenoxy) is 1. The van der Waals surface area contributed by atoms with Crippen molar-refractivity contribution in [2.24, 2.45) is 0 Å². The molecular formula is C16H18N2O3. The van der Waals surface area contributed by atoms with Crippen LogP contribution in [0.15, 0.2) is 30.5 Å². The van der Waals surface area contributed by atoms with E-state index < -0.39 is 5.97 Å². The number of carbonyl (C=O) groups is 1. The Balaban J connectivity index is 2.19. The number of carboxylic acid groups (broad SMARTS) is 1. The van der Waals surface area contributed by atoms with Crippen molar-refractivity contribution in [1.29, 1.82) is 0 Å². The fraction of sp³-hybridized carbons (Fsp3) is 0.312. The van der Waals surface area contributed by atoms with Crippen LogP contribution in [0.25, 0.3) is 0 Å². The topological polar surface area (TPSA) is 72.3 Å². The normalized spacial score (nSPS) is 11.2. The van der Waals surface area contributed by atoms with Crippen LogP contribution in [0.2, 0.25) is 0 Å². The number of hydrogen-bond donors (Lipinski definition) is 1. The molecule has 21 heavy (non-hydrogen) atoms. The van der Waals surface area contributed by atoms with Gasteiger partial charge in [0.25, 0.3) is 0 Å².